The largest absolute Gasteiger partial charge is 0.393 e. The van der Waals surface area contributed by atoms with Crippen molar-refractivity contribution >= 4 is 5.91 Å². The van der Waals surface area contributed by atoms with Gasteiger partial charge < -0.3 is 20.6 Å². The summed E-state index contributed by atoms with van der Waals surface area (Å²) in [4.78, 5) is 11.7. The Hall–Kier alpha value is -1.95. The van der Waals surface area contributed by atoms with Crippen LogP contribution >= 0.6 is 0 Å². The van der Waals surface area contributed by atoms with Gasteiger partial charge in [-0.05, 0) is 56.4 Å². The van der Waals surface area contributed by atoms with Crippen molar-refractivity contribution in [3.63, 3.8) is 0 Å². The lowest BCUT2D eigenvalue weighted by molar-refractivity contribution is -0.121. The lowest BCUT2D eigenvalue weighted by atomic mass is 9.89. The van der Waals surface area contributed by atoms with Crippen LogP contribution < -0.4 is 5.32 Å². The number of carbonyl (C=O) groups is 1. The Kier molecular flexibility index (Phi) is 9.31. The number of benzene rings is 1. The van der Waals surface area contributed by atoms with Crippen LogP contribution in [-0.4, -0.2) is 45.6 Å². The topological polar surface area (TPSA) is 89.8 Å². The molecule has 5 nitrogen and oxygen atoms in total. The van der Waals surface area contributed by atoms with Gasteiger partial charge in [0.15, 0.2) is 0 Å². The molecule has 4 N–H and O–H groups in total. The van der Waals surface area contributed by atoms with Crippen molar-refractivity contribution in [2.24, 2.45) is 11.8 Å². The van der Waals surface area contributed by atoms with Crippen LogP contribution in [0.3, 0.4) is 0 Å². The van der Waals surface area contributed by atoms with Crippen LogP contribution in [-0.2, 0) is 11.2 Å². The van der Waals surface area contributed by atoms with Crippen LogP contribution in [0.15, 0.2) is 54.6 Å². The van der Waals surface area contributed by atoms with Crippen LogP contribution in [0.5, 0.6) is 0 Å². The van der Waals surface area contributed by atoms with Crippen molar-refractivity contribution in [2.45, 2.75) is 82.1 Å². The Labute approximate surface area is 185 Å². The molecule has 170 valence electrons. The van der Waals surface area contributed by atoms with E-state index in [2.05, 4.69) is 29.6 Å². The minimum Gasteiger partial charge on any atom is -0.393 e. The van der Waals surface area contributed by atoms with Crippen molar-refractivity contribution in [1.29, 1.82) is 0 Å². The average Bonchev–Trinajstić information content (AvgIpc) is 3.52. The highest BCUT2D eigenvalue weighted by Gasteiger charge is 2.39. The van der Waals surface area contributed by atoms with E-state index in [-0.39, 0.29) is 17.7 Å². The fraction of sp³-hybridized carbons (Fsp3) is 0.577. The van der Waals surface area contributed by atoms with E-state index in [0.29, 0.717) is 31.7 Å². The average molecular weight is 428 g/mol. The molecule has 2 fully saturated rings. The summed E-state index contributed by atoms with van der Waals surface area (Å²) in [5.74, 6) is -0.0707. The van der Waals surface area contributed by atoms with Gasteiger partial charge in [-0.3, -0.25) is 4.79 Å². The van der Waals surface area contributed by atoms with Crippen molar-refractivity contribution < 1.29 is 20.1 Å². The van der Waals surface area contributed by atoms with Gasteiger partial charge in [0, 0.05) is 24.8 Å². The highest BCUT2D eigenvalue weighted by molar-refractivity contribution is 5.76. The molecule has 5 atom stereocenters. The number of aliphatic hydroxyl groups is 3. The second-order valence-corrected chi connectivity index (χ2v) is 9.03. The summed E-state index contributed by atoms with van der Waals surface area (Å²) in [5, 5.41) is 34.0. The van der Waals surface area contributed by atoms with Crippen LogP contribution in [0.2, 0.25) is 0 Å². The normalized spacial score (nSPS) is 27.2. The van der Waals surface area contributed by atoms with Gasteiger partial charge in [-0.2, -0.15) is 0 Å². The molecular formula is C26H37NO4. The Morgan fingerprint density at radius 2 is 1.90 bits per heavy atom. The quantitative estimate of drug-likeness (QED) is 0.304. The Bertz CT molecular complexity index is 728. The zero-order valence-electron chi connectivity index (χ0n) is 18.3. The number of hydrogen-bond acceptors (Lipinski definition) is 4. The predicted molar refractivity (Wildman–Crippen MR) is 122 cm³/mol. The van der Waals surface area contributed by atoms with Crippen molar-refractivity contribution in [3.8, 4) is 0 Å². The minimum absolute atomic E-state index is 0.0537. The van der Waals surface area contributed by atoms with E-state index in [1.807, 2.05) is 24.3 Å². The fourth-order valence-electron chi connectivity index (χ4n) is 4.30. The second-order valence-electron chi connectivity index (χ2n) is 9.03. The minimum atomic E-state index is -0.586. The molecule has 5 heteroatoms. The first-order valence-electron chi connectivity index (χ1n) is 11.7. The number of rotatable bonds is 12. The monoisotopic (exact) mass is 427 g/mol. The molecule has 1 amide bonds. The third-order valence-electron chi connectivity index (χ3n) is 6.33. The first-order chi connectivity index (χ1) is 15.0. The Balaban J connectivity index is 1.39. The highest BCUT2D eigenvalue weighted by Crippen LogP contribution is 2.36. The zero-order chi connectivity index (χ0) is 22.1. The first kappa shape index (κ1) is 23.7. The smallest absolute Gasteiger partial charge is 0.220 e. The van der Waals surface area contributed by atoms with Gasteiger partial charge in [-0.1, -0.05) is 54.6 Å². The summed E-state index contributed by atoms with van der Waals surface area (Å²) in [6.45, 7) is 0. The maximum absolute atomic E-state index is 11.7. The van der Waals surface area contributed by atoms with Gasteiger partial charge in [0.25, 0.3) is 0 Å². The maximum Gasteiger partial charge on any atom is 0.220 e. The number of aryl methyl sites for hydroxylation is 1. The first-order valence-corrected chi connectivity index (χ1v) is 11.7. The van der Waals surface area contributed by atoms with Crippen molar-refractivity contribution in [3.05, 3.63) is 60.2 Å². The number of amides is 1. The molecule has 2 aliphatic rings. The Morgan fingerprint density at radius 1 is 1.13 bits per heavy atom. The molecular weight excluding hydrogens is 390 g/mol. The maximum atomic E-state index is 11.7. The number of hydrogen-bond donors (Lipinski definition) is 4. The summed E-state index contributed by atoms with van der Waals surface area (Å²) in [5.41, 5.74) is 1.19. The number of nitrogens with one attached hydrogen (secondary N) is 1. The van der Waals surface area contributed by atoms with E-state index in [1.54, 1.807) is 6.08 Å². The third-order valence-corrected chi connectivity index (χ3v) is 6.33. The van der Waals surface area contributed by atoms with Crippen molar-refractivity contribution in [2.75, 3.05) is 0 Å². The molecule has 1 aromatic carbocycles. The van der Waals surface area contributed by atoms with Crippen molar-refractivity contribution in [1.82, 2.24) is 5.32 Å². The van der Waals surface area contributed by atoms with Crippen LogP contribution in [0.25, 0.3) is 0 Å². The van der Waals surface area contributed by atoms with E-state index in [0.717, 1.165) is 32.1 Å². The molecule has 2 saturated carbocycles. The Morgan fingerprint density at radius 3 is 2.65 bits per heavy atom. The lowest BCUT2D eigenvalue weighted by Crippen LogP contribution is -2.24. The number of allylic oxidation sites excluding steroid dienone is 2. The van der Waals surface area contributed by atoms with E-state index in [4.69, 9.17) is 0 Å². The van der Waals surface area contributed by atoms with Crippen LogP contribution in [0.1, 0.15) is 56.9 Å². The van der Waals surface area contributed by atoms with E-state index >= 15 is 0 Å². The molecule has 0 bridgehead atoms. The number of unbranched alkanes of at least 4 members (excludes halogenated alkanes) is 1. The number of carbonyl (C=O) groups excluding carboxylic acids is 1. The van der Waals surface area contributed by atoms with Crippen LogP contribution in [0.4, 0.5) is 0 Å². The molecule has 4 unspecified atom stereocenters. The van der Waals surface area contributed by atoms with E-state index < -0.39 is 18.3 Å². The molecule has 0 aliphatic heterocycles. The molecule has 0 saturated heterocycles. The van der Waals surface area contributed by atoms with E-state index in [1.165, 1.54) is 5.56 Å². The standard InChI is InChI=1S/C26H37NO4/c28-21(15-12-19-8-4-3-5-9-19)16-17-23-22(24(29)18-25(23)30)10-6-1-2-7-11-26(31)27-20-13-14-20/h1,3-6,8-9,16-17,20-25,28-30H,2,7,10-15,18H2,(H,27,31)/b6-1+,17-16+/t21?,22?,23-,24?,25?/m1/s1. The molecule has 3 rings (SSSR count). The predicted octanol–water partition coefficient (Wildman–Crippen LogP) is 3.29. The van der Waals surface area contributed by atoms with E-state index in [9.17, 15) is 20.1 Å². The highest BCUT2D eigenvalue weighted by atomic mass is 16.3. The zero-order valence-corrected chi connectivity index (χ0v) is 18.3. The summed E-state index contributed by atoms with van der Waals surface area (Å²) in [7, 11) is 0. The summed E-state index contributed by atoms with van der Waals surface area (Å²) < 4.78 is 0. The van der Waals surface area contributed by atoms with Gasteiger partial charge >= 0.3 is 0 Å². The fourth-order valence-corrected chi connectivity index (χ4v) is 4.30. The number of aliphatic hydroxyl groups excluding tert-OH is 3. The molecule has 0 heterocycles. The molecule has 31 heavy (non-hydrogen) atoms. The van der Waals surface area contributed by atoms with Crippen LogP contribution in [0, 0.1) is 11.8 Å². The van der Waals surface area contributed by atoms with Gasteiger partial charge in [0.05, 0.1) is 18.3 Å². The molecule has 0 aromatic heterocycles. The van der Waals surface area contributed by atoms with Gasteiger partial charge in [-0.15, -0.1) is 0 Å². The molecule has 0 radical (unpaired) electrons. The van der Waals surface area contributed by atoms with Gasteiger partial charge in [-0.25, -0.2) is 0 Å². The third kappa shape index (κ3) is 8.24. The summed E-state index contributed by atoms with van der Waals surface area (Å²) in [6.07, 6.45) is 13.0. The second kappa shape index (κ2) is 12.2. The summed E-state index contributed by atoms with van der Waals surface area (Å²) >= 11 is 0. The lowest BCUT2D eigenvalue weighted by Gasteiger charge is -2.19. The van der Waals surface area contributed by atoms with Gasteiger partial charge in [0.2, 0.25) is 5.91 Å². The van der Waals surface area contributed by atoms with Gasteiger partial charge in [0.1, 0.15) is 0 Å². The molecule has 2 aliphatic carbocycles. The molecule has 0 spiro atoms. The summed E-state index contributed by atoms with van der Waals surface area (Å²) in [6, 6.07) is 10.5. The SMILES string of the molecule is O=C(CCC/C=C/CC1C(O)CC(O)[C@@H]1/C=C/C(O)CCc1ccccc1)NC1CC1. The molecule has 1 aromatic rings.